The summed E-state index contributed by atoms with van der Waals surface area (Å²) in [6.07, 6.45) is 3.29. The fourth-order valence-electron chi connectivity index (χ4n) is 2.69. The van der Waals surface area contributed by atoms with Crippen LogP contribution in [0.1, 0.15) is 23.1 Å². The van der Waals surface area contributed by atoms with Crippen LogP contribution in [-0.2, 0) is 19.4 Å². The van der Waals surface area contributed by atoms with E-state index in [1.54, 1.807) is 0 Å². The Bertz CT molecular complexity index is 584. The van der Waals surface area contributed by atoms with E-state index in [1.165, 1.54) is 28.0 Å². The molecule has 19 heavy (non-hydrogen) atoms. The molecule has 96 valence electrons. The van der Waals surface area contributed by atoms with Crippen molar-refractivity contribution in [3.8, 4) is 0 Å². The molecule has 0 saturated heterocycles. The molecule has 0 saturated carbocycles. The van der Waals surface area contributed by atoms with E-state index in [2.05, 4.69) is 60.4 Å². The molecule has 0 heterocycles. The maximum atomic E-state index is 4.14. The van der Waals surface area contributed by atoms with Crippen molar-refractivity contribution in [3.05, 3.63) is 77.4 Å². The Kier molecular flexibility index (Phi) is 3.37. The van der Waals surface area contributed by atoms with Gasteiger partial charge in [0.1, 0.15) is 0 Å². The molecule has 1 aliphatic carbocycles. The second-order valence-corrected chi connectivity index (χ2v) is 5.21. The number of anilines is 1. The first-order chi connectivity index (χ1) is 9.33. The summed E-state index contributed by atoms with van der Waals surface area (Å²) < 4.78 is 0. The highest BCUT2D eigenvalue weighted by Crippen LogP contribution is 2.30. The van der Waals surface area contributed by atoms with Crippen molar-refractivity contribution in [1.29, 1.82) is 0 Å². The highest BCUT2D eigenvalue weighted by atomic mass is 14.9. The number of hydrogen-bond donors (Lipinski definition) is 1. The topological polar surface area (TPSA) is 12.0 Å². The maximum absolute atomic E-state index is 4.14. The summed E-state index contributed by atoms with van der Waals surface area (Å²) in [5.74, 6) is 0. The highest BCUT2D eigenvalue weighted by Gasteiger charge is 2.14. The smallest absolute Gasteiger partial charge is 0.0400 e. The van der Waals surface area contributed by atoms with Gasteiger partial charge < -0.3 is 5.32 Å². The molecule has 0 unspecified atom stereocenters. The van der Waals surface area contributed by atoms with Crippen molar-refractivity contribution in [3.63, 3.8) is 0 Å². The zero-order valence-corrected chi connectivity index (χ0v) is 11.2. The lowest BCUT2D eigenvalue weighted by atomic mass is 9.87. The third-order valence-corrected chi connectivity index (χ3v) is 3.77. The zero-order valence-electron chi connectivity index (χ0n) is 11.2. The van der Waals surface area contributed by atoms with Crippen LogP contribution in [0.3, 0.4) is 0 Å². The number of rotatable bonds is 3. The van der Waals surface area contributed by atoms with E-state index in [4.69, 9.17) is 0 Å². The molecule has 0 aliphatic heterocycles. The molecule has 2 aromatic carbocycles. The summed E-state index contributed by atoms with van der Waals surface area (Å²) in [7, 11) is 0. The molecule has 0 bridgehead atoms. The van der Waals surface area contributed by atoms with Crippen LogP contribution >= 0.6 is 0 Å². The van der Waals surface area contributed by atoms with Crippen molar-refractivity contribution in [1.82, 2.24) is 0 Å². The second-order valence-electron chi connectivity index (χ2n) is 5.21. The summed E-state index contributed by atoms with van der Waals surface area (Å²) in [6.45, 7) is 5.02. The van der Waals surface area contributed by atoms with E-state index in [9.17, 15) is 0 Å². The minimum absolute atomic E-state index is 0.879. The predicted molar refractivity (Wildman–Crippen MR) is 81.4 cm³/mol. The van der Waals surface area contributed by atoms with Crippen molar-refractivity contribution in [2.75, 3.05) is 5.32 Å². The number of benzene rings is 2. The van der Waals surface area contributed by atoms with E-state index < -0.39 is 0 Å². The van der Waals surface area contributed by atoms with E-state index in [-0.39, 0.29) is 0 Å². The quantitative estimate of drug-likeness (QED) is 0.798. The molecule has 1 N–H and O–H groups in total. The first-order valence-corrected chi connectivity index (χ1v) is 6.88. The van der Waals surface area contributed by atoms with Gasteiger partial charge in [-0.2, -0.15) is 0 Å². The van der Waals surface area contributed by atoms with Crippen LogP contribution in [-0.4, -0.2) is 0 Å². The van der Waals surface area contributed by atoms with Crippen LogP contribution in [0.2, 0.25) is 0 Å². The van der Waals surface area contributed by atoms with Crippen molar-refractivity contribution >= 4 is 5.69 Å². The zero-order chi connectivity index (χ0) is 13.1. The maximum Gasteiger partial charge on any atom is 0.0400 e. The van der Waals surface area contributed by atoms with Gasteiger partial charge in [0, 0.05) is 12.2 Å². The summed E-state index contributed by atoms with van der Waals surface area (Å²) in [5, 5.41) is 3.57. The lowest BCUT2D eigenvalue weighted by molar-refractivity contribution is 0.840. The van der Waals surface area contributed by atoms with Gasteiger partial charge in [0.2, 0.25) is 0 Å². The molecule has 3 rings (SSSR count). The SMILES string of the molecule is C=C1CCc2cccc(NCc3ccccc3)c2C1. The van der Waals surface area contributed by atoms with Gasteiger partial charge in [0.05, 0.1) is 0 Å². The minimum Gasteiger partial charge on any atom is -0.381 e. The van der Waals surface area contributed by atoms with Crippen molar-refractivity contribution in [2.45, 2.75) is 25.8 Å². The van der Waals surface area contributed by atoms with Crippen LogP contribution in [0.25, 0.3) is 0 Å². The largest absolute Gasteiger partial charge is 0.381 e. The number of aryl methyl sites for hydroxylation is 1. The van der Waals surface area contributed by atoms with Crippen LogP contribution in [0.5, 0.6) is 0 Å². The van der Waals surface area contributed by atoms with Crippen LogP contribution < -0.4 is 5.32 Å². The number of nitrogens with one attached hydrogen (secondary N) is 1. The molecular formula is C18H19N. The molecule has 0 amide bonds. The molecule has 2 aromatic rings. The highest BCUT2D eigenvalue weighted by molar-refractivity contribution is 5.57. The summed E-state index contributed by atoms with van der Waals surface area (Å²) in [6, 6.07) is 17.1. The van der Waals surface area contributed by atoms with E-state index in [0.29, 0.717) is 0 Å². The van der Waals surface area contributed by atoms with Crippen LogP contribution in [0.4, 0.5) is 5.69 Å². The second kappa shape index (κ2) is 5.31. The number of fused-ring (bicyclic) bond motifs is 1. The molecule has 1 nitrogen and oxygen atoms in total. The van der Waals surface area contributed by atoms with Gasteiger partial charge in [0.25, 0.3) is 0 Å². The molecule has 0 atom stereocenters. The monoisotopic (exact) mass is 249 g/mol. The molecular weight excluding hydrogens is 230 g/mol. The van der Waals surface area contributed by atoms with Crippen molar-refractivity contribution < 1.29 is 0 Å². The summed E-state index contributed by atoms with van der Waals surface area (Å²) in [4.78, 5) is 0. The first kappa shape index (κ1) is 12.0. The van der Waals surface area contributed by atoms with Gasteiger partial charge >= 0.3 is 0 Å². The Morgan fingerprint density at radius 1 is 0.947 bits per heavy atom. The van der Waals surface area contributed by atoms with Crippen LogP contribution in [0, 0.1) is 0 Å². The fourth-order valence-corrected chi connectivity index (χ4v) is 2.69. The molecule has 0 fully saturated rings. The van der Waals surface area contributed by atoms with E-state index >= 15 is 0 Å². The van der Waals surface area contributed by atoms with Gasteiger partial charge in [-0.1, -0.05) is 54.6 Å². The third-order valence-electron chi connectivity index (χ3n) is 3.77. The Hall–Kier alpha value is -2.02. The summed E-state index contributed by atoms with van der Waals surface area (Å²) in [5.41, 5.74) is 6.85. The Balaban J connectivity index is 1.80. The molecule has 1 heteroatoms. The van der Waals surface area contributed by atoms with E-state index in [0.717, 1.165) is 25.8 Å². The summed E-state index contributed by atoms with van der Waals surface area (Å²) >= 11 is 0. The van der Waals surface area contributed by atoms with Gasteiger partial charge in [-0.3, -0.25) is 0 Å². The minimum atomic E-state index is 0.879. The average Bonchev–Trinajstić information content (AvgIpc) is 2.46. The van der Waals surface area contributed by atoms with Crippen LogP contribution in [0.15, 0.2) is 60.7 Å². The molecule has 0 aromatic heterocycles. The Labute approximate surface area is 115 Å². The number of allylic oxidation sites excluding steroid dienone is 1. The number of hydrogen-bond acceptors (Lipinski definition) is 1. The fraction of sp³-hybridized carbons (Fsp3) is 0.222. The lowest BCUT2D eigenvalue weighted by Gasteiger charge is -2.21. The standard InChI is InChI=1S/C18H19N/c1-14-10-11-16-8-5-9-18(17(16)12-14)19-13-15-6-3-2-4-7-15/h2-9,19H,1,10-13H2. The van der Waals surface area contributed by atoms with Gasteiger partial charge in [0.15, 0.2) is 0 Å². The van der Waals surface area contributed by atoms with Gasteiger partial charge in [-0.05, 0) is 42.0 Å². The molecule has 0 spiro atoms. The Morgan fingerprint density at radius 3 is 2.63 bits per heavy atom. The normalized spacial score (nSPS) is 14.0. The third kappa shape index (κ3) is 2.70. The van der Waals surface area contributed by atoms with E-state index in [1.807, 2.05) is 0 Å². The lowest BCUT2D eigenvalue weighted by Crippen LogP contribution is -2.09. The molecule has 0 radical (unpaired) electrons. The first-order valence-electron chi connectivity index (χ1n) is 6.88. The van der Waals surface area contributed by atoms with Gasteiger partial charge in [-0.25, -0.2) is 0 Å². The van der Waals surface area contributed by atoms with Gasteiger partial charge in [-0.15, -0.1) is 0 Å². The molecule has 1 aliphatic rings. The predicted octanol–water partition coefficient (Wildman–Crippen LogP) is 4.34. The average molecular weight is 249 g/mol. The van der Waals surface area contributed by atoms with Crippen molar-refractivity contribution in [2.24, 2.45) is 0 Å². The Morgan fingerprint density at radius 2 is 1.79 bits per heavy atom.